The summed E-state index contributed by atoms with van der Waals surface area (Å²) in [6, 6.07) is 10.3. The van der Waals surface area contributed by atoms with Gasteiger partial charge in [-0.05, 0) is 36.1 Å². The zero-order valence-electron chi connectivity index (χ0n) is 10.5. The highest BCUT2D eigenvalue weighted by molar-refractivity contribution is 5.39. The number of aromatic nitrogens is 1. The van der Waals surface area contributed by atoms with Crippen LogP contribution in [0, 0.1) is 5.82 Å². The van der Waals surface area contributed by atoms with E-state index in [4.69, 9.17) is 11.6 Å². The Labute approximate surface area is 111 Å². The molecule has 0 aliphatic heterocycles. The molecule has 0 aliphatic carbocycles. The molecule has 100 valence electrons. The van der Waals surface area contributed by atoms with E-state index in [1.54, 1.807) is 18.3 Å². The van der Waals surface area contributed by atoms with Gasteiger partial charge in [0.1, 0.15) is 11.6 Å². The largest absolute Gasteiger partial charge is 0.383 e. The maximum atomic E-state index is 13.6. The van der Waals surface area contributed by atoms with Crippen LogP contribution in [0.25, 0.3) is 0 Å². The van der Waals surface area contributed by atoms with Crippen molar-refractivity contribution in [1.29, 1.82) is 0 Å². The summed E-state index contributed by atoms with van der Waals surface area (Å²) in [5.41, 5.74) is 10.0. The molecular formula is C14H17FN4. The minimum absolute atomic E-state index is 0.0941. The van der Waals surface area contributed by atoms with E-state index in [-0.39, 0.29) is 11.9 Å². The van der Waals surface area contributed by atoms with Gasteiger partial charge in [0.15, 0.2) is 0 Å². The van der Waals surface area contributed by atoms with Gasteiger partial charge in [-0.25, -0.2) is 9.37 Å². The molecule has 1 atom stereocenters. The molecule has 0 bridgehead atoms. The molecule has 1 aromatic heterocycles. The van der Waals surface area contributed by atoms with Gasteiger partial charge in [0.2, 0.25) is 0 Å². The van der Waals surface area contributed by atoms with Crippen LogP contribution >= 0.6 is 0 Å². The Morgan fingerprint density at radius 2 is 1.79 bits per heavy atom. The molecule has 19 heavy (non-hydrogen) atoms. The summed E-state index contributed by atoms with van der Waals surface area (Å²) < 4.78 is 13.6. The molecule has 0 saturated heterocycles. The number of rotatable bonds is 5. The second-order valence-electron chi connectivity index (χ2n) is 4.41. The van der Waals surface area contributed by atoms with Crippen molar-refractivity contribution in [2.24, 2.45) is 5.84 Å². The van der Waals surface area contributed by atoms with Crippen LogP contribution in [-0.2, 0) is 12.8 Å². The monoisotopic (exact) mass is 260 g/mol. The summed E-state index contributed by atoms with van der Waals surface area (Å²) in [7, 11) is 0. The summed E-state index contributed by atoms with van der Waals surface area (Å²) >= 11 is 0. The van der Waals surface area contributed by atoms with Gasteiger partial charge in [0.25, 0.3) is 0 Å². The summed E-state index contributed by atoms with van der Waals surface area (Å²) in [5.74, 6) is 5.80. The molecule has 0 saturated carbocycles. The van der Waals surface area contributed by atoms with Crippen LogP contribution in [0.4, 0.5) is 10.2 Å². The average molecular weight is 260 g/mol. The van der Waals surface area contributed by atoms with Gasteiger partial charge in [-0.2, -0.15) is 0 Å². The number of nitrogen functional groups attached to an aromatic ring is 1. The molecule has 5 heteroatoms. The first-order chi connectivity index (χ1) is 9.20. The third kappa shape index (κ3) is 3.49. The number of nitrogens with two attached hydrogens (primary N) is 2. The second-order valence-corrected chi connectivity index (χ2v) is 4.41. The van der Waals surface area contributed by atoms with Gasteiger partial charge in [-0.3, -0.25) is 11.3 Å². The first-order valence-corrected chi connectivity index (χ1v) is 6.09. The molecule has 0 radical (unpaired) electrons. The SMILES string of the molecule is NNC(Cc1ccccc1F)Cc1cccnc1N. The molecule has 1 heterocycles. The van der Waals surface area contributed by atoms with Crippen LogP contribution in [0.2, 0.25) is 0 Å². The average Bonchev–Trinajstić information content (AvgIpc) is 2.42. The molecule has 5 N–H and O–H groups in total. The van der Waals surface area contributed by atoms with Gasteiger partial charge in [-0.1, -0.05) is 24.3 Å². The standard InChI is InChI=1S/C14H17FN4/c15-13-6-2-1-4-10(13)8-12(19-17)9-11-5-3-7-18-14(11)16/h1-7,12,19H,8-9,17H2,(H2,16,18). The predicted octanol–water partition coefficient (Wildman–Crippen LogP) is 1.42. The van der Waals surface area contributed by atoms with Crippen molar-refractivity contribution in [3.05, 3.63) is 59.5 Å². The maximum Gasteiger partial charge on any atom is 0.126 e. The number of benzene rings is 1. The fourth-order valence-corrected chi connectivity index (χ4v) is 2.01. The zero-order valence-corrected chi connectivity index (χ0v) is 10.5. The number of halogens is 1. The van der Waals surface area contributed by atoms with E-state index in [1.807, 2.05) is 18.2 Å². The number of hydrogen-bond acceptors (Lipinski definition) is 4. The van der Waals surface area contributed by atoms with E-state index >= 15 is 0 Å². The topological polar surface area (TPSA) is 77.0 Å². The molecular weight excluding hydrogens is 243 g/mol. The van der Waals surface area contributed by atoms with Crippen molar-refractivity contribution in [3.63, 3.8) is 0 Å². The summed E-state index contributed by atoms with van der Waals surface area (Å²) in [4.78, 5) is 4.03. The van der Waals surface area contributed by atoms with E-state index < -0.39 is 0 Å². The van der Waals surface area contributed by atoms with Crippen LogP contribution in [0.15, 0.2) is 42.6 Å². The van der Waals surface area contributed by atoms with Crippen LogP contribution in [0.3, 0.4) is 0 Å². The fraction of sp³-hybridized carbons (Fsp3) is 0.214. The molecule has 4 nitrogen and oxygen atoms in total. The molecule has 1 unspecified atom stereocenters. The third-order valence-corrected chi connectivity index (χ3v) is 3.05. The number of pyridine rings is 1. The third-order valence-electron chi connectivity index (χ3n) is 3.05. The highest BCUT2D eigenvalue weighted by Gasteiger charge is 2.13. The Morgan fingerprint density at radius 3 is 2.47 bits per heavy atom. The van der Waals surface area contributed by atoms with Crippen LogP contribution < -0.4 is 17.0 Å². The van der Waals surface area contributed by atoms with Crippen molar-refractivity contribution < 1.29 is 4.39 Å². The minimum atomic E-state index is -0.220. The highest BCUT2D eigenvalue weighted by Crippen LogP contribution is 2.14. The van der Waals surface area contributed by atoms with E-state index in [0.717, 1.165) is 5.56 Å². The Kier molecular flexibility index (Phi) is 4.43. The number of hydrazine groups is 1. The fourth-order valence-electron chi connectivity index (χ4n) is 2.01. The lowest BCUT2D eigenvalue weighted by molar-refractivity contribution is 0.506. The van der Waals surface area contributed by atoms with Crippen molar-refractivity contribution in [2.45, 2.75) is 18.9 Å². The Balaban J connectivity index is 2.09. The van der Waals surface area contributed by atoms with Crippen molar-refractivity contribution in [2.75, 3.05) is 5.73 Å². The van der Waals surface area contributed by atoms with E-state index in [1.165, 1.54) is 6.07 Å². The Bertz CT molecular complexity index is 497. The number of hydrogen-bond donors (Lipinski definition) is 3. The molecule has 0 amide bonds. The molecule has 2 rings (SSSR count). The molecule has 1 aromatic carbocycles. The lowest BCUT2D eigenvalue weighted by Gasteiger charge is -2.17. The molecule has 0 aliphatic rings. The lowest BCUT2D eigenvalue weighted by Crippen LogP contribution is -2.38. The lowest BCUT2D eigenvalue weighted by atomic mass is 9.99. The normalized spacial score (nSPS) is 12.3. The van der Waals surface area contributed by atoms with E-state index in [9.17, 15) is 4.39 Å². The molecule has 0 fully saturated rings. The smallest absolute Gasteiger partial charge is 0.126 e. The van der Waals surface area contributed by atoms with Gasteiger partial charge >= 0.3 is 0 Å². The van der Waals surface area contributed by atoms with E-state index in [0.29, 0.717) is 24.2 Å². The Morgan fingerprint density at radius 1 is 1.11 bits per heavy atom. The van der Waals surface area contributed by atoms with Gasteiger partial charge in [0, 0.05) is 12.2 Å². The summed E-state index contributed by atoms with van der Waals surface area (Å²) in [6.45, 7) is 0. The predicted molar refractivity (Wildman–Crippen MR) is 73.6 cm³/mol. The number of nitrogens with zero attached hydrogens (tertiary/aromatic N) is 1. The first kappa shape index (κ1) is 13.5. The second kappa shape index (κ2) is 6.26. The van der Waals surface area contributed by atoms with Crippen molar-refractivity contribution in [1.82, 2.24) is 10.4 Å². The minimum Gasteiger partial charge on any atom is -0.383 e. The van der Waals surface area contributed by atoms with Gasteiger partial charge in [0.05, 0.1) is 0 Å². The Hall–Kier alpha value is -1.98. The summed E-state index contributed by atoms with van der Waals surface area (Å²) in [6.07, 6.45) is 2.74. The highest BCUT2D eigenvalue weighted by atomic mass is 19.1. The van der Waals surface area contributed by atoms with Gasteiger partial charge < -0.3 is 5.73 Å². The van der Waals surface area contributed by atoms with Crippen LogP contribution in [-0.4, -0.2) is 11.0 Å². The summed E-state index contributed by atoms with van der Waals surface area (Å²) in [5, 5.41) is 0. The molecule has 2 aromatic rings. The van der Waals surface area contributed by atoms with Crippen molar-refractivity contribution in [3.8, 4) is 0 Å². The maximum absolute atomic E-state index is 13.6. The number of anilines is 1. The van der Waals surface area contributed by atoms with Gasteiger partial charge in [-0.15, -0.1) is 0 Å². The van der Waals surface area contributed by atoms with Crippen molar-refractivity contribution >= 4 is 5.82 Å². The number of nitrogens with one attached hydrogen (secondary N) is 1. The first-order valence-electron chi connectivity index (χ1n) is 6.09. The molecule has 0 spiro atoms. The van der Waals surface area contributed by atoms with Crippen LogP contribution in [0.5, 0.6) is 0 Å². The zero-order chi connectivity index (χ0) is 13.7. The van der Waals surface area contributed by atoms with E-state index in [2.05, 4.69) is 10.4 Å². The quantitative estimate of drug-likeness (QED) is 0.561. The van der Waals surface area contributed by atoms with Crippen LogP contribution in [0.1, 0.15) is 11.1 Å².